The lowest BCUT2D eigenvalue weighted by Gasteiger charge is -2.38. The molecule has 16 heavy (non-hydrogen) atoms. The van der Waals surface area contributed by atoms with Crippen LogP contribution in [0, 0.1) is 0 Å². The molecule has 0 amide bonds. The molecule has 0 spiro atoms. The summed E-state index contributed by atoms with van der Waals surface area (Å²) < 4.78 is 0. The Bertz CT molecular complexity index is 197. The number of hydrogen-bond donors (Lipinski definition) is 2. The predicted octanol–water partition coefficient (Wildman–Crippen LogP) is -0.0786. The summed E-state index contributed by atoms with van der Waals surface area (Å²) in [5.74, 6) is 0. The van der Waals surface area contributed by atoms with Crippen molar-refractivity contribution < 1.29 is 0 Å². The van der Waals surface area contributed by atoms with Crippen LogP contribution in [-0.2, 0) is 0 Å². The van der Waals surface area contributed by atoms with Crippen molar-refractivity contribution in [1.82, 2.24) is 20.4 Å². The van der Waals surface area contributed by atoms with Gasteiger partial charge in [0.2, 0.25) is 0 Å². The van der Waals surface area contributed by atoms with Crippen molar-refractivity contribution >= 4 is 0 Å². The Morgan fingerprint density at radius 2 is 2.19 bits per heavy atom. The third-order valence-corrected chi connectivity index (χ3v) is 3.66. The van der Waals surface area contributed by atoms with Crippen LogP contribution in [0.3, 0.4) is 0 Å². The van der Waals surface area contributed by atoms with Crippen LogP contribution in [-0.4, -0.2) is 68.8 Å². The van der Waals surface area contributed by atoms with Crippen LogP contribution in [0.5, 0.6) is 0 Å². The van der Waals surface area contributed by atoms with E-state index in [9.17, 15) is 0 Å². The van der Waals surface area contributed by atoms with Gasteiger partial charge >= 0.3 is 0 Å². The molecule has 4 heteroatoms. The van der Waals surface area contributed by atoms with Gasteiger partial charge in [0.05, 0.1) is 0 Å². The first-order valence-corrected chi connectivity index (χ1v) is 6.58. The van der Waals surface area contributed by atoms with E-state index < -0.39 is 0 Å². The fraction of sp³-hybridized carbons (Fsp3) is 1.00. The quantitative estimate of drug-likeness (QED) is 0.642. The average Bonchev–Trinajstić information content (AvgIpc) is 2.24. The zero-order valence-corrected chi connectivity index (χ0v) is 10.7. The molecule has 2 rings (SSSR count). The van der Waals surface area contributed by atoms with Crippen molar-refractivity contribution in [2.45, 2.75) is 31.3 Å². The Labute approximate surface area is 99.4 Å². The van der Waals surface area contributed by atoms with E-state index in [2.05, 4.69) is 34.5 Å². The molecule has 2 N–H and O–H groups in total. The molecule has 0 aromatic carbocycles. The molecule has 1 atom stereocenters. The van der Waals surface area contributed by atoms with Crippen LogP contribution < -0.4 is 10.6 Å². The zero-order chi connectivity index (χ0) is 11.4. The van der Waals surface area contributed by atoms with E-state index in [0.29, 0.717) is 12.1 Å². The molecule has 0 aromatic heterocycles. The van der Waals surface area contributed by atoms with Gasteiger partial charge in [-0.1, -0.05) is 6.42 Å². The molecule has 2 saturated heterocycles. The number of hydrogen-bond acceptors (Lipinski definition) is 4. The maximum Gasteiger partial charge on any atom is 0.0481 e. The van der Waals surface area contributed by atoms with Crippen molar-refractivity contribution in [3.05, 3.63) is 0 Å². The van der Waals surface area contributed by atoms with E-state index in [1.807, 2.05) is 0 Å². The van der Waals surface area contributed by atoms with E-state index in [0.717, 1.165) is 6.67 Å². The normalized spacial score (nSPS) is 28.3. The molecule has 2 fully saturated rings. The van der Waals surface area contributed by atoms with Gasteiger partial charge in [-0.2, -0.15) is 0 Å². The van der Waals surface area contributed by atoms with E-state index in [-0.39, 0.29) is 0 Å². The number of likely N-dealkylation sites (N-methyl/N-ethyl adjacent to an activating group) is 2. The summed E-state index contributed by atoms with van der Waals surface area (Å²) in [6.45, 7) is 5.82. The monoisotopic (exact) mass is 226 g/mol. The van der Waals surface area contributed by atoms with E-state index in [4.69, 9.17) is 0 Å². The lowest BCUT2D eigenvalue weighted by Crippen LogP contribution is -2.58. The zero-order valence-electron chi connectivity index (χ0n) is 10.7. The van der Waals surface area contributed by atoms with Crippen molar-refractivity contribution in [1.29, 1.82) is 0 Å². The van der Waals surface area contributed by atoms with Crippen molar-refractivity contribution in [2.75, 3.05) is 46.9 Å². The molecule has 2 aliphatic rings. The third kappa shape index (κ3) is 3.70. The van der Waals surface area contributed by atoms with E-state index in [1.54, 1.807) is 0 Å². The van der Waals surface area contributed by atoms with Gasteiger partial charge in [0, 0.05) is 38.4 Å². The van der Waals surface area contributed by atoms with Gasteiger partial charge in [0.25, 0.3) is 0 Å². The molecule has 2 heterocycles. The number of nitrogens with zero attached hydrogens (tertiary/aromatic N) is 2. The standard InChI is InChI=1S/C12H26N4/c1-15-8-12(9-15)14-10-16(2)7-11-5-3-4-6-13-11/h11-14H,3-10H2,1-2H3. The van der Waals surface area contributed by atoms with Gasteiger partial charge in [0.15, 0.2) is 0 Å². The van der Waals surface area contributed by atoms with Gasteiger partial charge in [-0.3, -0.25) is 10.2 Å². The maximum atomic E-state index is 3.60. The van der Waals surface area contributed by atoms with Crippen molar-refractivity contribution in [3.8, 4) is 0 Å². The summed E-state index contributed by atoms with van der Waals surface area (Å²) in [6.07, 6.45) is 4.09. The number of nitrogens with one attached hydrogen (secondary N) is 2. The molecule has 0 aromatic rings. The van der Waals surface area contributed by atoms with Gasteiger partial charge in [-0.05, 0) is 33.5 Å². The number of piperidine rings is 1. The van der Waals surface area contributed by atoms with Crippen LogP contribution in [0.4, 0.5) is 0 Å². The largest absolute Gasteiger partial charge is 0.313 e. The molecule has 1 unspecified atom stereocenters. The third-order valence-electron chi connectivity index (χ3n) is 3.66. The average molecular weight is 226 g/mol. The minimum absolute atomic E-state index is 0.713. The molecule has 0 bridgehead atoms. The molecule has 0 radical (unpaired) electrons. The molecule has 94 valence electrons. The lowest BCUT2D eigenvalue weighted by atomic mass is 10.0. The summed E-state index contributed by atoms with van der Waals surface area (Å²) in [5.41, 5.74) is 0. The van der Waals surface area contributed by atoms with Crippen LogP contribution >= 0.6 is 0 Å². The molecular formula is C12H26N4. The topological polar surface area (TPSA) is 30.5 Å². The minimum atomic E-state index is 0.713. The fourth-order valence-electron chi connectivity index (χ4n) is 2.63. The highest BCUT2D eigenvalue weighted by Gasteiger charge is 2.22. The SMILES string of the molecule is CN(CNC1CN(C)C1)CC1CCCCN1. The maximum absolute atomic E-state index is 3.60. The Morgan fingerprint density at radius 1 is 1.38 bits per heavy atom. The highest BCUT2D eigenvalue weighted by Crippen LogP contribution is 2.08. The molecular weight excluding hydrogens is 200 g/mol. The Morgan fingerprint density at radius 3 is 2.81 bits per heavy atom. The van der Waals surface area contributed by atoms with Crippen LogP contribution in [0.15, 0.2) is 0 Å². The molecule has 0 saturated carbocycles. The summed E-state index contributed by atoms with van der Waals surface area (Å²) >= 11 is 0. The summed E-state index contributed by atoms with van der Waals surface area (Å²) in [5, 5.41) is 7.19. The molecule has 0 aliphatic carbocycles. The van der Waals surface area contributed by atoms with E-state index in [1.165, 1.54) is 45.4 Å². The van der Waals surface area contributed by atoms with E-state index >= 15 is 0 Å². The first-order valence-electron chi connectivity index (χ1n) is 6.58. The smallest absolute Gasteiger partial charge is 0.0481 e. The van der Waals surface area contributed by atoms with Crippen LogP contribution in [0.25, 0.3) is 0 Å². The van der Waals surface area contributed by atoms with Crippen LogP contribution in [0.1, 0.15) is 19.3 Å². The van der Waals surface area contributed by atoms with Gasteiger partial charge in [-0.25, -0.2) is 0 Å². The lowest BCUT2D eigenvalue weighted by molar-refractivity contribution is 0.138. The first kappa shape index (κ1) is 12.3. The van der Waals surface area contributed by atoms with Gasteiger partial charge in [-0.15, -0.1) is 0 Å². The van der Waals surface area contributed by atoms with Gasteiger partial charge in [0.1, 0.15) is 0 Å². The highest BCUT2D eigenvalue weighted by molar-refractivity contribution is 4.83. The fourth-order valence-corrected chi connectivity index (χ4v) is 2.63. The summed E-state index contributed by atoms with van der Waals surface area (Å²) in [6, 6.07) is 1.43. The number of likely N-dealkylation sites (tertiary alicyclic amines) is 1. The minimum Gasteiger partial charge on any atom is -0.313 e. The molecule has 2 aliphatic heterocycles. The van der Waals surface area contributed by atoms with Crippen LogP contribution in [0.2, 0.25) is 0 Å². The first-order chi connectivity index (χ1) is 7.74. The van der Waals surface area contributed by atoms with Crippen molar-refractivity contribution in [3.63, 3.8) is 0 Å². The predicted molar refractivity (Wildman–Crippen MR) is 67.6 cm³/mol. The highest BCUT2D eigenvalue weighted by atomic mass is 15.3. The Hall–Kier alpha value is -0.160. The molecule has 4 nitrogen and oxygen atoms in total. The van der Waals surface area contributed by atoms with Crippen molar-refractivity contribution in [2.24, 2.45) is 0 Å². The second kappa shape index (κ2) is 5.96. The Kier molecular flexibility index (Phi) is 4.58. The summed E-state index contributed by atoms with van der Waals surface area (Å²) in [7, 11) is 4.39. The summed E-state index contributed by atoms with van der Waals surface area (Å²) in [4.78, 5) is 4.75. The Balaban J connectivity index is 1.55. The second-order valence-electron chi connectivity index (χ2n) is 5.47. The second-order valence-corrected chi connectivity index (χ2v) is 5.47. The van der Waals surface area contributed by atoms with Gasteiger partial charge < -0.3 is 10.2 Å². The number of rotatable bonds is 5.